The first-order valence-corrected chi connectivity index (χ1v) is 4.78. The molecule has 2 aromatic rings. The first-order valence-electron chi connectivity index (χ1n) is 3.99. The summed E-state index contributed by atoms with van der Waals surface area (Å²) in [5, 5.41) is 0. The van der Waals surface area contributed by atoms with Gasteiger partial charge in [0.2, 0.25) is 0 Å². The fourth-order valence-corrected chi connectivity index (χ4v) is 1.42. The Morgan fingerprint density at radius 2 is 1.79 bits per heavy atom. The fraction of sp³-hybridized carbons (Fsp3) is 0. The molecular weight excluding hydrogens is 247 g/mol. The number of nitrogens with zero attached hydrogens (tertiary/aromatic N) is 2. The van der Waals surface area contributed by atoms with Crippen molar-refractivity contribution in [2.75, 3.05) is 0 Å². The van der Waals surface area contributed by atoms with Gasteiger partial charge in [-0.2, -0.15) is 0 Å². The van der Waals surface area contributed by atoms with Crippen molar-refractivity contribution >= 4 is 15.9 Å². The lowest BCUT2D eigenvalue weighted by Gasteiger charge is -1.99. The summed E-state index contributed by atoms with van der Waals surface area (Å²) in [6.45, 7) is 0. The van der Waals surface area contributed by atoms with Gasteiger partial charge < -0.3 is 0 Å². The quantitative estimate of drug-likeness (QED) is 0.730. The third-order valence-corrected chi connectivity index (χ3v) is 2.21. The van der Waals surface area contributed by atoms with Crippen molar-refractivity contribution < 1.29 is 4.39 Å². The fourth-order valence-electron chi connectivity index (χ4n) is 1.11. The van der Waals surface area contributed by atoms with Crippen LogP contribution in [0.4, 0.5) is 4.39 Å². The molecule has 0 radical (unpaired) electrons. The van der Waals surface area contributed by atoms with Crippen LogP contribution < -0.4 is 0 Å². The predicted octanol–water partition coefficient (Wildman–Crippen LogP) is 3.05. The number of halogens is 2. The lowest BCUT2D eigenvalue weighted by atomic mass is 10.1. The summed E-state index contributed by atoms with van der Waals surface area (Å²) in [4.78, 5) is 7.99. The van der Waals surface area contributed by atoms with E-state index in [9.17, 15) is 4.39 Å². The standard InChI is InChI=1S/C10H6BrFN2/c11-10-5-9(13-6-14-10)7-1-3-8(12)4-2-7/h1-6H. The molecule has 0 aliphatic carbocycles. The summed E-state index contributed by atoms with van der Waals surface area (Å²) < 4.78 is 13.4. The van der Waals surface area contributed by atoms with Gasteiger partial charge in [-0.1, -0.05) is 0 Å². The number of hydrogen-bond acceptors (Lipinski definition) is 2. The monoisotopic (exact) mass is 252 g/mol. The van der Waals surface area contributed by atoms with Crippen molar-refractivity contribution in [1.29, 1.82) is 0 Å². The summed E-state index contributed by atoms with van der Waals surface area (Å²) in [5.41, 5.74) is 1.64. The van der Waals surface area contributed by atoms with Crippen LogP contribution in [0.25, 0.3) is 11.3 Å². The first kappa shape index (κ1) is 9.27. The summed E-state index contributed by atoms with van der Waals surface area (Å²) >= 11 is 3.25. The van der Waals surface area contributed by atoms with E-state index in [0.29, 0.717) is 4.60 Å². The molecule has 0 spiro atoms. The first-order chi connectivity index (χ1) is 6.75. The third-order valence-electron chi connectivity index (χ3n) is 1.77. The van der Waals surface area contributed by atoms with Crippen molar-refractivity contribution in [2.24, 2.45) is 0 Å². The van der Waals surface area contributed by atoms with Crippen LogP contribution in [0.5, 0.6) is 0 Å². The molecule has 0 amide bonds. The van der Waals surface area contributed by atoms with E-state index in [4.69, 9.17) is 0 Å². The highest BCUT2D eigenvalue weighted by Gasteiger charge is 2.00. The average molecular weight is 253 g/mol. The molecule has 2 nitrogen and oxygen atoms in total. The van der Waals surface area contributed by atoms with Crippen molar-refractivity contribution in [3.63, 3.8) is 0 Å². The highest BCUT2D eigenvalue weighted by Crippen LogP contribution is 2.18. The van der Waals surface area contributed by atoms with E-state index in [-0.39, 0.29) is 5.82 Å². The molecule has 0 saturated carbocycles. The Hall–Kier alpha value is -1.29. The molecule has 0 unspecified atom stereocenters. The molecule has 14 heavy (non-hydrogen) atoms. The summed E-state index contributed by atoms with van der Waals surface area (Å²) in [7, 11) is 0. The molecule has 1 aromatic carbocycles. The van der Waals surface area contributed by atoms with Crippen LogP contribution in [0.1, 0.15) is 0 Å². The normalized spacial score (nSPS) is 10.1. The van der Waals surface area contributed by atoms with Crippen LogP contribution in [-0.2, 0) is 0 Å². The smallest absolute Gasteiger partial charge is 0.123 e. The summed E-state index contributed by atoms with van der Waals surface area (Å²) in [5.74, 6) is -0.248. The third kappa shape index (κ3) is 1.96. The Kier molecular flexibility index (Phi) is 2.54. The predicted molar refractivity (Wildman–Crippen MR) is 55.1 cm³/mol. The zero-order valence-electron chi connectivity index (χ0n) is 7.11. The Morgan fingerprint density at radius 3 is 2.43 bits per heavy atom. The number of rotatable bonds is 1. The van der Waals surface area contributed by atoms with Crippen molar-refractivity contribution in [3.8, 4) is 11.3 Å². The average Bonchev–Trinajstić information content (AvgIpc) is 2.19. The molecule has 0 bridgehead atoms. The van der Waals surface area contributed by atoms with Gasteiger partial charge >= 0.3 is 0 Å². The lowest BCUT2D eigenvalue weighted by molar-refractivity contribution is 0.628. The topological polar surface area (TPSA) is 25.8 Å². The molecule has 0 aliphatic rings. The number of benzene rings is 1. The Bertz CT molecular complexity index is 442. The van der Waals surface area contributed by atoms with E-state index in [2.05, 4.69) is 25.9 Å². The van der Waals surface area contributed by atoms with Gasteiger partial charge in [-0.05, 0) is 46.3 Å². The molecule has 1 aromatic heterocycles. The molecule has 0 N–H and O–H groups in total. The highest BCUT2D eigenvalue weighted by atomic mass is 79.9. The van der Waals surface area contributed by atoms with E-state index in [1.165, 1.54) is 18.5 Å². The van der Waals surface area contributed by atoms with Crippen molar-refractivity contribution in [1.82, 2.24) is 9.97 Å². The molecule has 2 rings (SSSR count). The molecule has 0 aliphatic heterocycles. The minimum absolute atomic E-state index is 0.248. The zero-order valence-corrected chi connectivity index (χ0v) is 8.70. The lowest BCUT2D eigenvalue weighted by Crippen LogP contribution is -1.85. The van der Waals surface area contributed by atoms with Gasteiger partial charge in [0.25, 0.3) is 0 Å². The highest BCUT2D eigenvalue weighted by molar-refractivity contribution is 9.10. The Balaban J connectivity index is 2.44. The van der Waals surface area contributed by atoms with E-state index >= 15 is 0 Å². The minimum atomic E-state index is -0.248. The molecule has 0 atom stereocenters. The van der Waals surface area contributed by atoms with E-state index in [0.717, 1.165) is 11.3 Å². The second-order valence-corrected chi connectivity index (χ2v) is 3.55. The van der Waals surface area contributed by atoms with E-state index in [1.54, 1.807) is 18.2 Å². The van der Waals surface area contributed by atoms with Crippen LogP contribution in [0.2, 0.25) is 0 Å². The van der Waals surface area contributed by atoms with Crippen LogP contribution in [0.3, 0.4) is 0 Å². The number of aromatic nitrogens is 2. The van der Waals surface area contributed by atoms with Crippen LogP contribution in [0.15, 0.2) is 41.3 Å². The second kappa shape index (κ2) is 3.84. The summed E-state index contributed by atoms with van der Waals surface area (Å²) in [6, 6.07) is 7.97. The van der Waals surface area contributed by atoms with Crippen molar-refractivity contribution in [2.45, 2.75) is 0 Å². The molecule has 1 heterocycles. The Labute approximate surface area is 89.0 Å². The van der Waals surface area contributed by atoms with E-state index in [1.807, 2.05) is 0 Å². The van der Waals surface area contributed by atoms with Crippen molar-refractivity contribution in [3.05, 3.63) is 47.1 Å². The Morgan fingerprint density at radius 1 is 1.07 bits per heavy atom. The van der Waals surface area contributed by atoms with E-state index < -0.39 is 0 Å². The van der Waals surface area contributed by atoms with Crippen LogP contribution in [-0.4, -0.2) is 9.97 Å². The zero-order chi connectivity index (χ0) is 9.97. The number of hydrogen-bond donors (Lipinski definition) is 0. The SMILES string of the molecule is Fc1ccc(-c2cc(Br)ncn2)cc1. The van der Waals surface area contributed by atoms with Crippen LogP contribution in [0, 0.1) is 5.82 Å². The van der Waals surface area contributed by atoms with Gasteiger partial charge in [0.15, 0.2) is 0 Å². The molecule has 0 fully saturated rings. The molecule has 70 valence electrons. The summed E-state index contributed by atoms with van der Waals surface area (Å²) in [6.07, 6.45) is 1.46. The van der Waals surface area contributed by atoms with Gasteiger partial charge in [-0.15, -0.1) is 0 Å². The molecule has 4 heteroatoms. The molecule has 0 saturated heterocycles. The maximum Gasteiger partial charge on any atom is 0.123 e. The largest absolute Gasteiger partial charge is 0.236 e. The van der Waals surface area contributed by atoms with Gasteiger partial charge in [0.1, 0.15) is 16.7 Å². The maximum absolute atomic E-state index is 12.6. The van der Waals surface area contributed by atoms with Gasteiger partial charge in [-0.25, -0.2) is 14.4 Å². The minimum Gasteiger partial charge on any atom is -0.236 e. The van der Waals surface area contributed by atoms with Gasteiger partial charge in [0.05, 0.1) is 5.69 Å². The molecular formula is C10H6BrFN2. The van der Waals surface area contributed by atoms with Gasteiger partial charge in [0, 0.05) is 5.56 Å². The van der Waals surface area contributed by atoms with Gasteiger partial charge in [-0.3, -0.25) is 0 Å². The maximum atomic E-state index is 12.6. The second-order valence-electron chi connectivity index (χ2n) is 2.73. The van der Waals surface area contributed by atoms with Crippen LogP contribution >= 0.6 is 15.9 Å².